The summed E-state index contributed by atoms with van der Waals surface area (Å²) in [5.41, 5.74) is -1.85. The van der Waals surface area contributed by atoms with Crippen molar-refractivity contribution >= 4 is 45.0 Å². The maximum atomic E-state index is 13.7. The van der Waals surface area contributed by atoms with Crippen LogP contribution in [0.5, 0.6) is 0 Å². The Kier molecular flexibility index (Phi) is 9.38. The number of methoxy groups -OCH3 is 1. The molecule has 2 aliphatic rings. The minimum absolute atomic E-state index is 0.0367. The second kappa shape index (κ2) is 12.5. The lowest BCUT2D eigenvalue weighted by Gasteiger charge is -2.42. The van der Waals surface area contributed by atoms with E-state index in [1.54, 1.807) is 0 Å². The first kappa shape index (κ1) is 31.6. The Labute approximate surface area is 244 Å². The number of anilines is 1. The van der Waals surface area contributed by atoms with E-state index >= 15 is 0 Å². The van der Waals surface area contributed by atoms with E-state index in [1.807, 2.05) is 0 Å². The van der Waals surface area contributed by atoms with Gasteiger partial charge in [-0.05, 0) is 55.7 Å². The topological polar surface area (TPSA) is 151 Å². The van der Waals surface area contributed by atoms with Crippen LogP contribution in [0.25, 0.3) is 0 Å². The van der Waals surface area contributed by atoms with Gasteiger partial charge in [-0.2, -0.15) is 0 Å². The number of aliphatic hydroxyl groups is 1. The molecule has 2 aromatic carbocycles. The minimum atomic E-state index is -4.10. The Morgan fingerprint density at radius 2 is 1.67 bits per heavy atom. The fourth-order valence-electron chi connectivity index (χ4n) is 5.70. The van der Waals surface area contributed by atoms with Crippen LogP contribution in [0, 0.1) is 29.3 Å². The second-order valence-electron chi connectivity index (χ2n) is 10.4. The number of rotatable bonds is 9. The van der Waals surface area contributed by atoms with Crippen LogP contribution < -0.4 is 16.0 Å². The van der Waals surface area contributed by atoms with Gasteiger partial charge in [-0.25, -0.2) is 26.4 Å². The summed E-state index contributed by atoms with van der Waals surface area (Å²) in [4.78, 5) is 35.8. The number of halogens is 4. The van der Waals surface area contributed by atoms with Crippen LogP contribution in [-0.4, -0.2) is 62.5 Å². The zero-order valence-corrected chi connectivity index (χ0v) is 24.0. The zero-order valence-electron chi connectivity index (χ0n) is 22.4. The first-order chi connectivity index (χ1) is 19.8. The molecule has 4 N–H and O–H groups in total. The zero-order chi connectivity index (χ0) is 30.8. The van der Waals surface area contributed by atoms with Gasteiger partial charge < -0.3 is 25.8 Å². The number of hydrogen-bond donors (Lipinski definition) is 4. The first-order valence-electron chi connectivity index (χ1n) is 13.1. The molecule has 3 amide bonds. The molecule has 228 valence electrons. The van der Waals surface area contributed by atoms with E-state index in [0.29, 0.717) is 25.0 Å². The van der Waals surface area contributed by atoms with Gasteiger partial charge in [0.2, 0.25) is 5.91 Å². The fraction of sp³-hybridized carbons (Fsp3) is 0.444. The predicted molar refractivity (Wildman–Crippen MR) is 145 cm³/mol. The Hall–Kier alpha value is -3.36. The SMILES string of the molecule is COC(=O)NCCC(=O)NCC1(O)C2CCC1CC(S(=O)(=O)c1cc(C(=O)Nc3cc(F)c(F)c(F)c3)ccc1Cl)C2. The summed E-state index contributed by atoms with van der Waals surface area (Å²) < 4.78 is 72.2. The highest BCUT2D eigenvalue weighted by molar-refractivity contribution is 7.92. The molecule has 2 atom stereocenters. The molecule has 0 saturated heterocycles. The van der Waals surface area contributed by atoms with E-state index in [0.717, 1.165) is 6.07 Å². The summed E-state index contributed by atoms with van der Waals surface area (Å²) in [7, 11) is -2.91. The number of sulfone groups is 1. The molecule has 2 aromatic rings. The van der Waals surface area contributed by atoms with E-state index in [9.17, 15) is 41.1 Å². The predicted octanol–water partition coefficient (Wildman–Crippen LogP) is 3.57. The molecule has 15 heteroatoms. The Morgan fingerprint density at radius 1 is 1.05 bits per heavy atom. The van der Waals surface area contributed by atoms with Crippen molar-refractivity contribution in [2.24, 2.45) is 11.8 Å². The van der Waals surface area contributed by atoms with Crippen molar-refractivity contribution in [1.82, 2.24) is 10.6 Å². The Morgan fingerprint density at radius 3 is 2.26 bits per heavy atom. The van der Waals surface area contributed by atoms with E-state index in [2.05, 4.69) is 20.7 Å². The second-order valence-corrected chi connectivity index (χ2v) is 13.0. The van der Waals surface area contributed by atoms with Crippen molar-refractivity contribution in [2.45, 2.75) is 47.9 Å². The van der Waals surface area contributed by atoms with E-state index in [4.69, 9.17) is 11.6 Å². The average Bonchev–Trinajstić information content (AvgIpc) is 3.09. The molecule has 42 heavy (non-hydrogen) atoms. The highest BCUT2D eigenvalue weighted by Gasteiger charge is 2.55. The third-order valence-corrected chi connectivity index (χ3v) is 10.6. The number of fused-ring (bicyclic) bond motifs is 2. The lowest BCUT2D eigenvalue weighted by molar-refractivity contribution is -0.124. The van der Waals surface area contributed by atoms with E-state index in [1.165, 1.54) is 19.2 Å². The van der Waals surface area contributed by atoms with Crippen LogP contribution in [0.3, 0.4) is 0 Å². The van der Waals surface area contributed by atoms with Crippen LogP contribution in [0.4, 0.5) is 23.7 Å². The number of benzene rings is 2. The first-order valence-corrected chi connectivity index (χ1v) is 15.0. The van der Waals surface area contributed by atoms with Gasteiger partial charge in [0.05, 0.1) is 27.9 Å². The summed E-state index contributed by atoms with van der Waals surface area (Å²) in [6, 6.07) is 4.69. The molecule has 0 heterocycles. The van der Waals surface area contributed by atoms with Gasteiger partial charge in [0.15, 0.2) is 27.3 Å². The van der Waals surface area contributed by atoms with Crippen molar-refractivity contribution in [3.63, 3.8) is 0 Å². The number of amides is 3. The van der Waals surface area contributed by atoms with Crippen LogP contribution in [0.1, 0.15) is 42.5 Å². The van der Waals surface area contributed by atoms with Gasteiger partial charge >= 0.3 is 6.09 Å². The Balaban J connectivity index is 1.45. The molecule has 10 nitrogen and oxygen atoms in total. The molecule has 4 rings (SSSR count). The fourth-order valence-corrected chi connectivity index (χ4v) is 8.11. The minimum Gasteiger partial charge on any atom is -0.453 e. The molecule has 0 spiro atoms. The highest BCUT2D eigenvalue weighted by atomic mass is 35.5. The molecule has 2 bridgehead atoms. The highest BCUT2D eigenvalue weighted by Crippen LogP contribution is 2.52. The lowest BCUT2D eigenvalue weighted by atomic mass is 9.74. The summed E-state index contributed by atoms with van der Waals surface area (Å²) >= 11 is 6.24. The standard InChI is InChI=1S/C27H29ClF3N3O7S/c1-41-26(37)32-7-6-23(35)33-13-27(38)15-3-4-16(27)10-18(9-15)42(39,40)22-8-14(2-5-19(22)28)25(36)34-17-11-20(29)24(31)21(30)12-17/h2,5,8,11-12,15-16,18,38H,3-4,6-7,9-10,13H2,1H3,(H,32,37)(H,33,35)(H,34,36). The van der Waals surface area contributed by atoms with Gasteiger partial charge in [-0.3, -0.25) is 9.59 Å². The molecule has 2 saturated carbocycles. The molecule has 0 aliphatic heterocycles. The van der Waals surface area contributed by atoms with Crippen molar-refractivity contribution in [1.29, 1.82) is 0 Å². The molecule has 0 radical (unpaired) electrons. The van der Waals surface area contributed by atoms with Gasteiger partial charge in [-0.15, -0.1) is 0 Å². The summed E-state index contributed by atoms with van der Waals surface area (Å²) in [6.45, 7) is -0.0349. The van der Waals surface area contributed by atoms with Crippen molar-refractivity contribution in [3.05, 3.63) is 58.4 Å². The van der Waals surface area contributed by atoms with Crippen LogP contribution in [0.2, 0.25) is 5.02 Å². The molecule has 2 fully saturated rings. The molecular weight excluding hydrogens is 603 g/mol. The summed E-state index contributed by atoms with van der Waals surface area (Å²) in [5.74, 6) is -6.88. The maximum Gasteiger partial charge on any atom is 0.406 e. The molecule has 2 aliphatic carbocycles. The van der Waals surface area contributed by atoms with E-state index in [-0.39, 0.29) is 53.5 Å². The van der Waals surface area contributed by atoms with Crippen molar-refractivity contribution in [2.75, 3.05) is 25.5 Å². The van der Waals surface area contributed by atoms with Gasteiger partial charge in [0, 0.05) is 42.9 Å². The van der Waals surface area contributed by atoms with E-state index < -0.39 is 67.9 Å². The summed E-state index contributed by atoms with van der Waals surface area (Å²) in [6.07, 6.45) is 0.572. The maximum absolute atomic E-state index is 13.7. The molecular formula is C27H29ClF3N3O7S. The molecule has 0 aromatic heterocycles. The quantitative estimate of drug-likeness (QED) is 0.309. The van der Waals surface area contributed by atoms with Gasteiger partial charge in [0.1, 0.15) is 0 Å². The number of ether oxygens (including phenoxy) is 1. The third kappa shape index (κ3) is 6.50. The van der Waals surface area contributed by atoms with Crippen molar-refractivity contribution < 1.29 is 45.8 Å². The number of hydrogen-bond acceptors (Lipinski definition) is 7. The van der Waals surface area contributed by atoms with Crippen LogP contribution in [0.15, 0.2) is 35.2 Å². The monoisotopic (exact) mass is 631 g/mol. The third-order valence-electron chi connectivity index (χ3n) is 7.93. The van der Waals surface area contributed by atoms with Crippen LogP contribution in [-0.2, 0) is 19.4 Å². The number of carbonyl (C=O) groups is 3. The van der Waals surface area contributed by atoms with Crippen LogP contribution >= 0.6 is 11.6 Å². The normalized spacial score (nSPS) is 23.2. The lowest BCUT2D eigenvalue weighted by Crippen LogP contribution is -2.54. The molecule has 2 unspecified atom stereocenters. The number of alkyl carbamates (subject to hydrolysis) is 1. The smallest absolute Gasteiger partial charge is 0.406 e. The van der Waals surface area contributed by atoms with Gasteiger partial charge in [0.25, 0.3) is 5.91 Å². The average molecular weight is 632 g/mol. The number of carbonyl (C=O) groups excluding carboxylic acids is 3. The Bertz CT molecular complexity index is 1470. The largest absolute Gasteiger partial charge is 0.453 e. The number of nitrogens with one attached hydrogen (secondary N) is 3. The van der Waals surface area contributed by atoms with Crippen molar-refractivity contribution in [3.8, 4) is 0 Å². The van der Waals surface area contributed by atoms with Gasteiger partial charge in [-0.1, -0.05) is 11.6 Å². The summed E-state index contributed by atoms with van der Waals surface area (Å²) in [5, 5.41) is 17.6.